The van der Waals surface area contributed by atoms with Gasteiger partial charge in [-0.2, -0.15) is 0 Å². The van der Waals surface area contributed by atoms with E-state index in [1.807, 2.05) is 0 Å². The van der Waals surface area contributed by atoms with Gasteiger partial charge in [-0.15, -0.1) is 0 Å². The molecule has 0 amide bonds. The second-order valence-electron chi connectivity index (χ2n) is 3.86. The highest BCUT2D eigenvalue weighted by Crippen LogP contribution is 2.10. The number of rotatable bonds is 7. The first-order valence-electron chi connectivity index (χ1n) is 5.18. The van der Waals surface area contributed by atoms with E-state index >= 15 is 0 Å². The maximum absolute atomic E-state index is 8.82. The Kier molecular flexibility index (Phi) is 7.23. The highest BCUT2D eigenvalue weighted by Gasteiger charge is 2.14. The number of aliphatic hydroxyl groups is 1. The van der Waals surface area contributed by atoms with Crippen molar-refractivity contribution >= 4 is 0 Å². The summed E-state index contributed by atoms with van der Waals surface area (Å²) in [5.41, 5.74) is 5.68. The van der Waals surface area contributed by atoms with E-state index in [1.54, 1.807) is 0 Å². The van der Waals surface area contributed by atoms with E-state index in [0.29, 0.717) is 11.8 Å². The van der Waals surface area contributed by atoms with Gasteiger partial charge < -0.3 is 15.7 Å². The summed E-state index contributed by atoms with van der Waals surface area (Å²) in [6, 6.07) is 0. The smallest absolute Gasteiger partial charge is 0.0558 e. The minimum Gasteiger partial charge on any atom is -0.395 e. The Morgan fingerprint density at radius 3 is 2.31 bits per heavy atom. The van der Waals surface area contributed by atoms with Crippen molar-refractivity contribution in [2.24, 2.45) is 17.6 Å². The van der Waals surface area contributed by atoms with E-state index in [9.17, 15) is 0 Å². The van der Waals surface area contributed by atoms with Crippen LogP contribution in [0.2, 0.25) is 0 Å². The minimum atomic E-state index is 0.239. The first-order valence-corrected chi connectivity index (χ1v) is 5.18. The van der Waals surface area contributed by atoms with Gasteiger partial charge in [0, 0.05) is 13.1 Å². The number of hydrogen-bond acceptors (Lipinski definition) is 3. The Morgan fingerprint density at radius 2 is 2.00 bits per heavy atom. The van der Waals surface area contributed by atoms with Gasteiger partial charge in [0.2, 0.25) is 0 Å². The Balaban J connectivity index is 3.87. The molecule has 0 aromatic carbocycles. The lowest BCUT2D eigenvalue weighted by molar-refractivity contribution is 0.168. The zero-order chi connectivity index (χ0) is 10.3. The van der Waals surface area contributed by atoms with Crippen LogP contribution in [0.3, 0.4) is 0 Å². The first kappa shape index (κ1) is 12.9. The molecule has 3 heteroatoms. The summed E-state index contributed by atoms with van der Waals surface area (Å²) in [7, 11) is 0. The van der Waals surface area contributed by atoms with Crippen molar-refractivity contribution in [3.8, 4) is 0 Å². The summed E-state index contributed by atoms with van der Waals surface area (Å²) >= 11 is 0. The molecule has 0 aliphatic carbocycles. The van der Waals surface area contributed by atoms with E-state index in [0.717, 1.165) is 26.2 Å². The SMILES string of the molecule is CCN(CCO)CC(CN)C(C)C. The summed E-state index contributed by atoms with van der Waals surface area (Å²) in [4.78, 5) is 2.25. The lowest BCUT2D eigenvalue weighted by Gasteiger charge is -2.27. The van der Waals surface area contributed by atoms with Gasteiger partial charge >= 0.3 is 0 Å². The molecule has 13 heavy (non-hydrogen) atoms. The highest BCUT2D eigenvalue weighted by atomic mass is 16.3. The van der Waals surface area contributed by atoms with Gasteiger partial charge in [-0.1, -0.05) is 20.8 Å². The number of nitrogens with zero attached hydrogens (tertiary/aromatic N) is 1. The number of likely N-dealkylation sites (N-methyl/N-ethyl adjacent to an activating group) is 1. The molecular formula is C10H24N2O. The zero-order valence-corrected chi connectivity index (χ0v) is 9.16. The van der Waals surface area contributed by atoms with Gasteiger partial charge in [0.25, 0.3) is 0 Å². The van der Waals surface area contributed by atoms with Crippen LogP contribution in [-0.2, 0) is 0 Å². The predicted molar refractivity (Wildman–Crippen MR) is 56.6 cm³/mol. The van der Waals surface area contributed by atoms with Crippen molar-refractivity contribution in [1.29, 1.82) is 0 Å². The molecule has 0 aromatic rings. The molecule has 3 N–H and O–H groups in total. The molecule has 0 saturated heterocycles. The lowest BCUT2D eigenvalue weighted by Crippen LogP contribution is -2.36. The quantitative estimate of drug-likeness (QED) is 0.613. The average Bonchev–Trinajstić information content (AvgIpc) is 2.11. The molecule has 0 heterocycles. The predicted octanol–water partition coefficient (Wildman–Crippen LogP) is 0.531. The third-order valence-electron chi connectivity index (χ3n) is 2.60. The van der Waals surface area contributed by atoms with Crippen molar-refractivity contribution in [3.63, 3.8) is 0 Å². The number of nitrogens with two attached hydrogens (primary N) is 1. The van der Waals surface area contributed by atoms with Crippen LogP contribution in [-0.4, -0.2) is 42.8 Å². The normalized spacial score (nSPS) is 14.1. The minimum absolute atomic E-state index is 0.239. The van der Waals surface area contributed by atoms with Crippen LogP contribution in [0.4, 0.5) is 0 Å². The van der Waals surface area contributed by atoms with Crippen LogP contribution in [0, 0.1) is 11.8 Å². The van der Waals surface area contributed by atoms with Gasteiger partial charge in [0.15, 0.2) is 0 Å². The van der Waals surface area contributed by atoms with Crippen LogP contribution >= 0.6 is 0 Å². The Bertz CT molecular complexity index is 117. The van der Waals surface area contributed by atoms with Crippen LogP contribution in [0.5, 0.6) is 0 Å². The molecule has 0 aliphatic heterocycles. The largest absolute Gasteiger partial charge is 0.395 e. The lowest BCUT2D eigenvalue weighted by atomic mass is 9.95. The molecule has 0 radical (unpaired) electrons. The maximum atomic E-state index is 8.82. The summed E-state index contributed by atoms with van der Waals surface area (Å²) < 4.78 is 0. The van der Waals surface area contributed by atoms with E-state index in [-0.39, 0.29) is 6.61 Å². The summed E-state index contributed by atoms with van der Waals surface area (Å²) in [5, 5.41) is 8.82. The molecule has 0 spiro atoms. The van der Waals surface area contributed by atoms with Gasteiger partial charge in [-0.05, 0) is 24.9 Å². The van der Waals surface area contributed by atoms with Crippen LogP contribution in [0.25, 0.3) is 0 Å². The van der Waals surface area contributed by atoms with Gasteiger partial charge in [-0.25, -0.2) is 0 Å². The Hall–Kier alpha value is -0.120. The average molecular weight is 188 g/mol. The fourth-order valence-corrected chi connectivity index (χ4v) is 1.41. The van der Waals surface area contributed by atoms with Crippen LogP contribution in [0.15, 0.2) is 0 Å². The van der Waals surface area contributed by atoms with Crippen molar-refractivity contribution in [2.45, 2.75) is 20.8 Å². The fraction of sp³-hybridized carbons (Fsp3) is 1.00. The van der Waals surface area contributed by atoms with Crippen molar-refractivity contribution < 1.29 is 5.11 Å². The Labute approximate surface area is 81.9 Å². The fourth-order valence-electron chi connectivity index (χ4n) is 1.41. The zero-order valence-electron chi connectivity index (χ0n) is 9.16. The monoisotopic (exact) mass is 188 g/mol. The second kappa shape index (κ2) is 7.30. The maximum Gasteiger partial charge on any atom is 0.0558 e. The molecule has 1 atom stereocenters. The van der Waals surface area contributed by atoms with Crippen molar-refractivity contribution in [1.82, 2.24) is 4.90 Å². The molecular weight excluding hydrogens is 164 g/mol. The molecule has 0 rings (SSSR count). The Morgan fingerprint density at radius 1 is 1.38 bits per heavy atom. The molecule has 80 valence electrons. The number of aliphatic hydroxyl groups excluding tert-OH is 1. The molecule has 3 nitrogen and oxygen atoms in total. The van der Waals surface area contributed by atoms with Crippen molar-refractivity contribution in [3.05, 3.63) is 0 Å². The molecule has 0 aliphatic rings. The van der Waals surface area contributed by atoms with E-state index in [1.165, 1.54) is 0 Å². The molecule has 1 unspecified atom stereocenters. The number of hydrogen-bond donors (Lipinski definition) is 2. The second-order valence-corrected chi connectivity index (χ2v) is 3.86. The molecule has 0 fully saturated rings. The van der Waals surface area contributed by atoms with Crippen molar-refractivity contribution in [2.75, 3.05) is 32.8 Å². The summed E-state index contributed by atoms with van der Waals surface area (Å²) in [5.74, 6) is 1.17. The van der Waals surface area contributed by atoms with Gasteiger partial charge in [0.1, 0.15) is 0 Å². The summed E-state index contributed by atoms with van der Waals surface area (Å²) in [6.45, 7) is 10.2. The van der Waals surface area contributed by atoms with E-state index in [2.05, 4.69) is 25.7 Å². The van der Waals surface area contributed by atoms with E-state index < -0.39 is 0 Å². The standard InChI is InChI=1S/C10H24N2O/c1-4-12(5-6-13)8-10(7-11)9(2)3/h9-10,13H,4-8,11H2,1-3H3. The summed E-state index contributed by atoms with van der Waals surface area (Å²) in [6.07, 6.45) is 0. The van der Waals surface area contributed by atoms with Gasteiger partial charge in [0.05, 0.1) is 6.61 Å². The first-order chi connectivity index (χ1) is 6.15. The van der Waals surface area contributed by atoms with Crippen LogP contribution < -0.4 is 5.73 Å². The molecule has 0 aromatic heterocycles. The third kappa shape index (κ3) is 5.24. The topological polar surface area (TPSA) is 49.5 Å². The highest BCUT2D eigenvalue weighted by molar-refractivity contribution is 4.68. The third-order valence-corrected chi connectivity index (χ3v) is 2.60. The molecule has 0 bridgehead atoms. The van der Waals surface area contributed by atoms with E-state index in [4.69, 9.17) is 10.8 Å². The van der Waals surface area contributed by atoms with Gasteiger partial charge in [-0.3, -0.25) is 0 Å². The van der Waals surface area contributed by atoms with Crippen LogP contribution in [0.1, 0.15) is 20.8 Å². The molecule has 0 saturated carbocycles.